The summed E-state index contributed by atoms with van der Waals surface area (Å²) >= 11 is 1.66. The maximum atomic E-state index is 12.4. The number of carbonyl (C=O) groups is 1. The maximum Gasteiger partial charge on any atom is 0.254 e. The van der Waals surface area contributed by atoms with Crippen molar-refractivity contribution in [3.05, 3.63) is 23.9 Å². The van der Waals surface area contributed by atoms with Crippen molar-refractivity contribution in [2.24, 2.45) is 5.92 Å². The van der Waals surface area contributed by atoms with E-state index < -0.39 is 0 Å². The highest BCUT2D eigenvalue weighted by Gasteiger charge is 2.26. The van der Waals surface area contributed by atoms with E-state index >= 15 is 0 Å². The highest BCUT2D eigenvalue weighted by molar-refractivity contribution is 8.00. The Morgan fingerprint density at radius 1 is 1.55 bits per heavy atom. The van der Waals surface area contributed by atoms with E-state index in [1.165, 1.54) is 0 Å². The predicted octanol–water partition coefficient (Wildman–Crippen LogP) is 2.43. The quantitative estimate of drug-likeness (QED) is 0.870. The van der Waals surface area contributed by atoms with Crippen molar-refractivity contribution in [2.75, 3.05) is 19.7 Å². The third-order valence-corrected chi connectivity index (χ3v) is 4.27. The van der Waals surface area contributed by atoms with Crippen molar-refractivity contribution >= 4 is 17.7 Å². The molecule has 1 N–H and O–H groups in total. The summed E-state index contributed by atoms with van der Waals surface area (Å²) in [5.74, 6) is 0.267. The summed E-state index contributed by atoms with van der Waals surface area (Å²) in [5, 5.41) is 10.0. The Morgan fingerprint density at radius 2 is 2.30 bits per heavy atom. The van der Waals surface area contributed by atoms with Crippen LogP contribution in [0.1, 0.15) is 37.6 Å². The lowest BCUT2D eigenvalue weighted by molar-refractivity contribution is 0.0781. The van der Waals surface area contributed by atoms with Gasteiger partial charge in [0.1, 0.15) is 0 Å². The SMILES string of the molecule is CC(C)(C)Sc1cc(C(=O)N2CCC(CO)C2)ccn1. The fraction of sp³-hybridized carbons (Fsp3) is 0.600. The molecule has 1 aliphatic heterocycles. The van der Waals surface area contributed by atoms with Gasteiger partial charge in [-0.2, -0.15) is 0 Å². The van der Waals surface area contributed by atoms with Gasteiger partial charge >= 0.3 is 0 Å². The number of pyridine rings is 1. The van der Waals surface area contributed by atoms with E-state index in [2.05, 4.69) is 25.8 Å². The fourth-order valence-electron chi connectivity index (χ4n) is 2.26. The number of likely N-dealkylation sites (tertiary alicyclic amines) is 1. The van der Waals surface area contributed by atoms with Gasteiger partial charge in [0.2, 0.25) is 0 Å². The van der Waals surface area contributed by atoms with Gasteiger partial charge < -0.3 is 10.0 Å². The molecule has 2 rings (SSSR count). The molecule has 0 aliphatic carbocycles. The summed E-state index contributed by atoms with van der Waals surface area (Å²) in [6, 6.07) is 3.63. The van der Waals surface area contributed by atoms with Crippen LogP contribution in [0.4, 0.5) is 0 Å². The zero-order valence-corrected chi connectivity index (χ0v) is 13.1. The van der Waals surface area contributed by atoms with Crippen molar-refractivity contribution in [3.63, 3.8) is 0 Å². The Balaban J connectivity index is 2.09. The number of carbonyl (C=O) groups excluding carboxylic acids is 1. The van der Waals surface area contributed by atoms with Crippen LogP contribution in [0.15, 0.2) is 23.4 Å². The summed E-state index contributed by atoms with van der Waals surface area (Å²) in [6.07, 6.45) is 2.58. The van der Waals surface area contributed by atoms with Crippen molar-refractivity contribution in [2.45, 2.75) is 37.0 Å². The Morgan fingerprint density at radius 3 is 2.90 bits per heavy atom. The Kier molecular flexibility index (Phi) is 4.70. The lowest BCUT2D eigenvalue weighted by atomic mass is 10.1. The molecule has 1 atom stereocenters. The van der Waals surface area contributed by atoms with Crippen LogP contribution >= 0.6 is 11.8 Å². The lowest BCUT2D eigenvalue weighted by Crippen LogP contribution is -2.29. The third kappa shape index (κ3) is 3.96. The molecule has 5 heteroatoms. The molecule has 0 bridgehead atoms. The van der Waals surface area contributed by atoms with Gasteiger partial charge in [-0.05, 0) is 18.6 Å². The standard InChI is InChI=1S/C15H22N2O2S/c1-15(2,3)20-13-8-12(4-6-16-13)14(19)17-7-5-11(9-17)10-18/h4,6,8,11,18H,5,7,9-10H2,1-3H3. The summed E-state index contributed by atoms with van der Waals surface area (Å²) in [5.41, 5.74) is 0.685. The number of thioether (sulfide) groups is 1. The van der Waals surface area contributed by atoms with Crippen molar-refractivity contribution < 1.29 is 9.90 Å². The van der Waals surface area contributed by atoms with Gasteiger partial charge in [0.15, 0.2) is 0 Å². The van der Waals surface area contributed by atoms with E-state index in [1.54, 1.807) is 24.0 Å². The molecule has 20 heavy (non-hydrogen) atoms. The first-order chi connectivity index (χ1) is 9.39. The number of aliphatic hydroxyl groups is 1. The number of nitrogens with zero attached hydrogens (tertiary/aromatic N) is 2. The normalized spacial score (nSPS) is 19.4. The minimum absolute atomic E-state index is 0.0408. The predicted molar refractivity (Wildman–Crippen MR) is 80.9 cm³/mol. The van der Waals surface area contributed by atoms with Crippen LogP contribution in [0.25, 0.3) is 0 Å². The highest BCUT2D eigenvalue weighted by Crippen LogP contribution is 2.31. The van der Waals surface area contributed by atoms with Gasteiger partial charge in [-0.25, -0.2) is 4.98 Å². The average Bonchev–Trinajstić information content (AvgIpc) is 2.85. The van der Waals surface area contributed by atoms with Crippen LogP contribution < -0.4 is 0 Å². The van der Waals surface area contributed by atoms with Crippen molar-refractivity contribution in [1.82, 2.24) is 9.88 Å². The molecule has 1 amide bonds. The molecular weight excluding hydrogens is 272 g/mol. The van der Waals surface area contributed by atoms with Gasteiger partial charge in [-0.1, -0.05) is 20.8 Å². The van der Waals surface area contributed by atoms with Gasteiger partial charge in [0, 0.05) is 42.1 Å². The minimum atomic E-state index is 0.0408. The molecule has 2 heterocycles. The molecule has 4 nitrogen and oxygen atoms in total. The maximum absolute atomic E-state index is 12.4. The molecule has 110 valence electrons. The summed E-state index contributed by atoms with van der Waals surface area (Å²) in [6.45, 7) is 7.92. The van der Waals surface area contributed by atoms with Crippen LogP contribution in [-0.4, -0.2) is 45.3 Å². The van der Waals surface area contributed by atoms with Crippen LogP contribution in [0.3, 0.4) is 0 Å². The van der Waals surface area contributed by atoms with E-state index in [4.69, 9.17) is 5.11 Å². The minimum Gasteiger partial charge on any atom is -0.396 e. The molecule has 1 aliphatic rings. The number of amides is 1. The molecule has 0 saturated carbocycles. The largest absolute Gasteiger partial charge is 0.396 e. The van der Waals surface area contributed by atoms with Crippen LogP contribution in [0, 0.1) is 5.92 Å². The zero-order valence-electron chi connectivity index (χ0n) is 12.3. The summed E-state index contributed by atoms with van der Waals surface area (Å²) < 4.78 is 0.0737. The second-order valence-corrected chi connectivity index (χ2v) is 8.03. The number of hydrogen-bond donors (Lipinski definition) is 1. The lowest BCUT2D eigenvalue weighted by Gasteiger charge is -2.19. The molecular formula is C15H22N2O2S. The first-order valence-corrected chi connectivity index (χ1v) is 7.76. The topological polar surface area (TPSA) is 53.4 Å². The average molecular weight is 294 g/mol. The number of rotatable bonds is 3. The van der Waals surface area contributed by atoms with Gasteiger partial charge in [-0.3, -0.25) is 4.79 Å². The zero-order chi connectivity index (χ0) is 14.8. The monoisotopic (exact) mass is 294 g/mol. The van der Waals surface area contributed by atoms with Crippen molar-refractivity contribution in [3.8, 4) is 0 Å². The first kappa shape index (κ1) is 15.3. The smallest absolute Gasteiger partial charge is 0.254 e. The molecule has 1 saturated heterocycles. The molecule has 1 aromatic heterocycles. The van der Waals surface area contributed by atoms with Crippen LogP contribution in [0.5, 0.6) is 0 Å². The van der Waals surface area contributed by atoms with Gasteiger partial charge in [-0.15, -0.1) is 11.8 Å². The second-order valence-electron chi connectivity index (χ2n) is 6.19. The molecule has 0 spiro atoms. The number of aromatic nitrogens is 1. The Labute approximate surface area is 124 Å². The summed E-state index contributed by atoms with van der Waals surface area (Å²) in [4.78, 5) is 18.6. The van der Waals surface area contributed by atoms with E-state index in [1.807, 2.05) is 11.0 Å². The van der Waals surface area contributed by atoms with Crippen molar-refractivity contribution in [1.29, 1.82) is 0 Å². The molecule has 1 fully saturated rings. The molecule has 1 unspecified atom stereocenters. The van der Waals surface area contributed by atoms with E-state index in [0.717, 1.165) is 18.0 Å². The van der Waals surface area contributed by atoms with Gasteiger partial charge in [0.05, 0.1) is 5.03 Å². The molecule has 1 aromatic rings. The van der Waals surface area contributed by atoms with Crippen LogP contribution in [-0.2, 0) is 0 Å². The van der Waals surface area contributed by atoms with Crippen LogP contribution in [0.2, 0.25) is 0 Å². The second kappa shape index (κ2) is 6.14. The van der Waals surface area contributed by atoms with E-state index in [0.29, 0.717) is 12.1 Å². The number of aliphatic hydroxyl groups excluding tert-OH is 1. The first-order valence-electron chi connectivity index (χ1n) is 6.94. The van der Waals surface area contributed by atoms with E-state index in [-0.39, 0.29) is 23.2 Å². The molecule has 0 aromatic carbocycles. The number of hydrogen-bond acceptors (Lipinski definition) is 4. The van der Waals surface area contributed by atoms with E-state index in [9.17, 15) is 4.79 Å². The van der Waals surface area contributed by atoms with Gasteiger partial charge in [0.25, 0.3) is 5.91 Å². The third-order valence-electron chi connectivity index (χ3n) is 3.22. The molecule has 0 radical (unpaired) electrons. The Bertz CT molecular complexity index is 485. The fourth-order valence-corrected chi connectivity index (χ4v) is 3.19. The summed E-state index contributed by atoms with van der Waals surface area (Å²) in [7, 11) is 0. The highest BCUT2D eigenvalue weighted by atomic mass is 32.2. The Hall–Kier alpha value is -1.07.